The summed E-state index contributed by atoms with van der Waals surface area (Å²) in [6, 6.07) is 17.0. The second-order valence-electron chi connectivity index (χ2n) is 4.80. The van der Waals surface area contributed by atoms with E-state index >= 15 is 0 Å². The van der Waals surface area contributed by atoms with Gasteiger partial charge >= 0.3 is 5.69 Å². The first-order chi connectivity index (χ1) is 10.1. The molecule has 4 heteroatoms. The molecule has 2 rings (SSSR count). The third kappa shape index (κ3) is 3.46. The van der Waals surface area contributed by atoms with Crippen LogP contribution in [-0.4, -0.2) is 14.1 Å². The van der Waals surface area contributed by atoms with Crippen LogP contribution in [0, 0.1) is 16.7 Å². The van der Waals surface area contributed by atoms with Gasteiger partial charge in [0, 0.05) is 31.9 Å². The van der Waals surface area contributed by atoms with Crippen molar-refractivity contribution in [3.05, 3.63) is 64.6 Å². The van der Waals surface area contributed by atoms with E-state index in [4.69, 9.17) is 5.39 Å². The van der Waals surface area contributed by atoms with Crippen LogP contribution in [-0.2, 0) is 0 Å². The quantitative estimate of drug-likeness (QED) is 0.476. The molecule has 2 aromatic rings. The van der Waals surface area contributed by atoms with Crippen LogP contribution >= 0.6 is 0 Å². The highest BCUT2D eigenvalue weighted by Gasteiger charge is 2.06. The van der Waals surface area contributed by atoms with Crippen molar-refractivity contribution in [3.8, 4) is 6.07 Å². The SMILES string of the molecule is CN(C)c1ccc(/C=C(/C#N)c2ccc([N+]#N)cc2)cc1. The molecule has 0 N–H and O–H groups in total. The topological polar surface area (TPSA) is 55.2 Å². The van der Waals surface area contributed by atoms with Crippen molar-refractivity contribution in [2.24, 2.45) is 0 Å². The van der Waals surface area contributed by atoms with Gasteiger partial charge in [-0.3, -0.25) is 0 Å². The highest BCUT2D eigenvalue weighted by atomic mass is 15.1. The molecular formula is C17H15N4+. The fourth-order valence-corrected chi connectivity index (χ4v) is 1.92. The van der Waals surface area contributed by atoms with Crippen LogP contribution in [0.4, 0.5) is 11.4 Å². The first-order valence-electron chi connectivity index (χ1n) is 6.49. The fraction of sp³-hybridized carbons (Fsp3) is 0.118. The van der Waals surface area contributed by atoms with Gasteiger partial charge in [-0.05, 0) is 41.5 Å². The van der Waals surface area contributed by atoms with Crippen molar-refractivity contribution in [2.75, 3.05) is 19.0 Å². The average molecular weight is 275 g/mol. The first kappa shape index (κ1) is 14.3. The van der Waals surface area contributed by atoms with Crippen molar-refractivity contribution in [3.63, 3.8) is 0 Å². The largest absolute Gasteiger partial charge is 0.385 e. The molecule has 0 heterocycles. The molecule has 21 heavy (non-hydrogen) atoms. The lowest BCUT2D eigenvalue weighted by Crippen LogP contribution is -2.07. The standard InChI is InChI=1S/C17H15N4/c1-21(2)17-9-3-13(4-10-17)11-15(12-18)14-5-7-16(20-19)8-6-14/h3-11H,1-2H3/q+1/b15-11-. The van der Waals surface area contributed by atoms with Crippen LogP contribution in [0.15, 0.2) is 48.5 Å². The molecule has 0 spiro atoms. The summed E-state index contributed by atoms with van der Waals surface area (Å²) in [5.41, 5.74) is 3.90. The van der Waals surface area contributed by atoms with Crippen molar-refractivity contribution >= 4 is 23.0 Å². The van der Waals surface area contributed by atoms with E-state index in [1.807, 2.05) is 49.3 Å². The summed E-state index contributed by atoms with van der Waals surface area (Å²) < 4.78 is 0. The highest BCUT2D eigenvalue weighted by molar-refractivity contribution is 5.90. The van der Waals surface area contributed by atoms with E-state index in [0.29, 0.717) is 11.3 Å². The van der Waals surface area contributed by atoms with Crippen LogP contribution in [0.2, 0.25) is 0 Å². The summed E-state index contributed by atoms with van der Waals surface area (Å²) in [7, 11) is 3.97. The molecule has 102 valence electrons. The second-order valence-corrected chi connectivity index (χ2v) is 4.80. The van der Waals surface area contributed by atoms with E-state index in [-0.39, 0.29) is 0 Å². The zero-order valence-electron chi connectivity index (χ0n) is 12.0. The summed E-state index contributed by atoms with van der Waals surface area (Å²) >= 11 is 0. The molecule has 0 saturated heterocycles. The van der Waals surface area contributed by atoms with Gasteiger partial charge in [0.1, 0.15) is 0 Å². The number of benzene rings is 2. The lowest BCUT2D eigenvalue weighted by molar-refractivity contribution is 1.13. The molecule has 0 amide bonds. The Balaban J connectivity index is 2.32. The average Bonchev–Trinajstić information content (AvgIpc) is 2.53. The normalized spacial score (nSPS) is 10.6. The summed E-state index contributed by atoms with van der Waals surface area (Å²) in [5, 5.41) is 18.0. The van der Waals surface area contributed by atoms with E-state index in [2.05, 4.69) is 11.0 Å². The van der Waals surface area contributed by atoms with E-state index in [0.717, 1.165) is 16.8 Å². The van der Waals surface area contributed by atoms with Gasteiger partial charge in [0.15, 0.2) is 4.98 Å². The third-order valence-corrected chi connectivity index (χ3v) is 3.13. The van der Waals surface area contributed by atoms with E-state index in [9.17, 15) is 5.26 Å². The Morgan fingerprint density at radius 1 is 1.05 bits per heavy atom. The minimum absolute atomic E-state index is 0.464. The Bertz CT molecular complexity index is 726. The smallest absolute Gasteiger partial charge is 0.378 e. The van der Waals surface area contributed by atoms with Gasteiger partial charge in [-0.2, -0.15) is 5.26 Å². The van der Waals surface area contributed by atoms with Gasteiger partial charge in [0.05, 0.1) is 11.6 Å². The Morgan fingerprint density at radius 3 is 2.14 bits per heavy atom. The van der Waals surface area contributed by atoms with Crippen molar-refractivity contribution in [2.45, 2.75) is 0 Å². The minimum atomic E-state index is 0.464. The number of rotatable bonds is 3. The fourth-order valence-electron chi connectivity index (χ4n) is 1.92. The molecule has 0 aliphatic rings. The van der Waals surface area contributed by atoms with Gasteiger partial charge in [-0.15, -0.1) is 0 Å². The van der Waals surface area contributed by atoms with Gasteiger partial charge in [-0.25, -0.2) is 0 Å². The maximum atomic E-state index is 9.31. The summed E-state index contributed by atoms with van der Waals surface area (Å²) in [6.45, 7) is 0. The number of anilines is 1. The van der Waals surface area contributed by atoms with Crippen molar-refractivity contribution < 1.29 is 0 Å². The molecule has 0 atom stereocenters. The monoisotopic (exact) mass is 275 g/mol. The number of nitrogens with zero attached hydrogens (tertiary/aromatic N) is 4. The minimum Gasteiger partial charge on any atom is -0.378 e. The lowest BCUT2D eigenvalue weighted by atomic mass is 10.0. The molecule has 0 aromatic heterocycles. The van der Waals surface area contributed by atoms with Crippen LogP contribution in [0.5, 0.6) is 0 Å². The van der Waals surface area contributed by atoms with E-state index in [1.165, 1.54) is 0 Å². The first-order valence-corrected chi connectivity index (χ1v) is 6.49. The van der Waals surface area contributed by atoms with E-state index < -0.39 is 0 Å². The Labute approximate surface area is 124 Å². The zero-order chi connectivity index (χ0) is 15.2. The molecule has 0 unspecified atom stereocenters. The Kier molecular flexibility index (Phi) is 4.33. The number of allylic oxidation sites excluding steroid dienone is 1. The Morgan fingerprint density at radius 2 is 1.67 bits per heavy atom. The van der Waals surface area contributed by atoms with Crippen molar-refractivity contribution in [1.29, 1.82) is 10.7 Å². The maximum absolute atomic E-state index is 9.31. The maximum Gasteiger partial charge on any atom is 0.385 e. The molecule has 0 aliphatic heterocycles. The predicted molar refractivity (Wildman–Crippen MR) is 85.4 cm³/mol. The number of hydrogen-bond acceptors (Lipinski definition) is 3. The molecule has 0 aliphatic carbocycles. The van der Waals surface area contributed by atoms with Gasteiger partial charge in [0.25, 0.3) is 0 Å². The van der Waals surface area contributed by atoms with Crippen LogP contribution < -0.4 is 4.90 Å². The second kappa shape index (κ2) is 6.36. The molecule has 0 fully saturated rings. The molecule has 0 saturated carbocycles. The van der Waals surface area contributed by atoms with Gasteiger partial charge in [0.2, 0.25) is 5.39 Å². The molecular weight excluding hydrogens is 260 g/mol. The van der Waals surface area contributed by atoms with Crippen LogP contribution in [0.1, 0.15) is 11.1 Å². The van der Waals surface area contributed by atoms with E-state index in [1.54, 1.807) is 24.3 Å². The molecule has 0 radical (unpaired) electrons. The van der Waals surface area contributed by atoms with Gasteiger partial charge in [-0.1, -0.05) is 12.1 Å². The number of nitriles is 1. The number of diazo groups is 1. The summed E-state index contributed by atoms with van der Waals surface area (Å²) in [5.74, 6) is 0. The number of hydrogen-bond donors (Lipinski definition) is 0. The lowest BCUT2D eigenvalue weighted by Gasteiger charge is -2.11. The predicted octanol–water partition coefficient (Wildman–Crippen LogP) is 4.30. The molecule has 0 bridgehead atoms. The molecule has 4 nitrogen and oxygen atoms in total. The Hall–Kier alpha value is -3.11. The molecule has 2 aromatic carbocycles. The van der Waals surface area contributed by atoms with Crippen LogP contribution in [0.25, 0.3) is 16.6 Å². The highest BCUT2D eigenvalue weighted by Crippen LogP contribution is 2.22. The summed E-state index contributed by atoms with van der Waals surface area (Å²) in [6.07, 6.45) is 1.84. The van der Waals surface area contributed by atoms with Crippen LogP contribution in [0.3, 0.4) is 0 Å². The zero-order valence-corrected chi connectivity index (χ0v) is 12.0. The summed E-state index contributed by atoms with van der Waals surface area (Å²) in [4.78, 5) is 5.12. The van der Waals surface area contributed by atoms with Crippen molar-refractivity contribution in [1.82, 2.24) is 0 Å². The third-order valence-electron chi connectivity index (χ3n) is 3.13. The van der Waals surface area contributed by atoms with Gasteiger partial charge < -0.3 is 4.90 Å².